The summed E-state index contributed by atoms with van der Waals surface area (Å²) in [5.74, 6) is 0.776. The van der Waals surface area contributed by atoms with E-state index in [9.17, 15) is 14.4 Å². The highest BCUT2D eigenvalue weighted by Gasteiger charge is 2.19. The Balaban J connectivity index is 1.35. The van der Waals surface area contributed by atoms with Crippen LogP contribution in [0.5, 0.6) is 11.5 Å². The molecule has 2 heterocycles. The normalized spacial score (nSPS) is 10.9. The third-order valence-electron chi connectivity index (χ3n) is 5.64. The van der Waals surface area contributed by atoms with E-state index in [2.05, 4.69) is 0 Å². The third-order valence-corrected chi connectivity index (χ3v) is 6.83. The first-order valence-electron chi connectivity index (χ1n) is 11.3. The van der Waals surface area contributed by atoms with Gasteiger partial charge in [0.25, 0.3) is 5.56 Å². The first kappa shape index (κ1) is 23.3. The molecular formula is C28H22N2O5S. The molecule has 0 radical (unpaired) electrons. The molecule has 0 aliphatic carbocycles. The Morgan fingerprint density at radius 1 is 0.833 bits per heavy atom. The summed E-state index contributed by atoms with van der Waals surface area (Å²) < 4.78 is 13.9. The van der Waals surface area contributed by atoms with E-state index in [0.29, 0.717) is 21.7 Å². The number of aryl methyl sites for hydroxylation is 1. The third kappa shape index (κ3) is 4.85. The molecule has 0 spiro atoms. The number of hydrogen-bond donors (Lipinski definition) is 0. The van der Waals surface area contributed by atoms with E-state index in [1.807, 2.05) is 78.9 Å². The van der Waals surface area contributed by atoms with E-state index < -0.39 is 17.2 Å². The number of fused-ring (bicyclic) bond motifs is 1. The van der Waals surface area contributed by atoms with Gasteiger partial charge in [0, 0.05) is 7.05 Å². The molecule has 0 saturated carbocycles. The van der Waals surface area contributed by atoms with Gasteiger partial charge in [0.1, 0.15) is 27.8 Å². The fourth-order valence-corrected chi connectivity index (χ4v) is 4.83. The van der Waals surface area contributed by atoms with Crippen molar-refractivity contribution >= 4 is 27.5 Å². The largest absolute Gasteiger partial charge is 0.457 e. The molecule has 2 aromatic heterocycles. The Morgan fingerprint density at radius 3 is 2.25 bits per heavy atom. The summed E-state index contributed by atoms with van der Waals surface area (Å²) >= 11 is 1.07. The number of esters is 1. The van der Waals surface area contributed by atoms with Crippen LogP contribution in [0.4, 0.5) is 0 Å². The number of para-hydroxylation sites is 1. The topological polar surface area (TPSA) is 79.5 Å². The number of ether oxygens (including phenoxy) is 2. The SMILES string of the molecule is Cn1c(=O)n(Cc2ccccc2)c(=O)c2cc(C(=O)OCc3cccc(Oc4ccccc4)c3)sc21. The minimum Gasteiger partial charge on any atom is -0.457 e. The molecule has 3 aromatic carbocycles. The molecule has 180 valence electrons. The van der Waals surface area contributed by atoms with E-state index in [-0.39, 0.29) is 18.0 Å². The number of carbonyl (C=O) groups excluding carboxylic acids is 1. The predicted octanol–water partition coefficient (Wildman–Crippen LogP) is 4.96. The Labute approximate surface area is 210 Å². The summed E-state index contributed by atoms with van der Waals surface area (Å²) in [6.45, 7) is 0.190. The summed E-state index contributed by atoms with van der Waals surface area (Å²) in [7, 11) is 1.59. The smallest absolute Gasteiger partial charge is 0.348 e. The number of rotatable bonds is 7. The Kier molecular flexibility index (Phi) is 6.51. The second kappa shape index (κ2) is 10.1. The highest BCUT2D eigenvalue weighted by molar-refractivity contribution is 7.20. The van der Waals surface area contributed by atoms with Crippen molar-refractivity contribution in [3.05, 3.63) is 128 Å². The number of thiophene rings is 1. The molecule has 0 aliphatic heterocycles. The Bertz CT molecular complexity index is 1650. The van der Waals surface area contributed by atoms with Crippen LogP contribution in [-0.4, -0.2) is 15.1 Å². The van der Waals surface area contributed by atoms with Crippen LogP contribution < -0.4 is 16.0 Å². The highest BCUT2D eigenvalue weighted by Crippen LogP contribution is 2.25. The van der Waals surface area contributed by atoms with Crippen molar-refractivity contribution in [2.75, 3.05) is 0 Å². The average Bonchev–Trinajstić information content (AvgIpc) is 3.36. The maximum Gasteiger partial charge on any atom is 0.348 e. The maximum absolute atomic E-state index is 13.1. The van der Waals surface area contributed by atoms with Gasteiger partial charge in [-0.05, 0) is 41.5 Å². The number of nitrogens with zero attached hydrogens (tertiary/aromatic N) is 2. The van der Waals surface area contributed by atoms with Gasteiger partial charge in [-0.25, -0.2) is 9.59 Å². The summed E-state index contributed by atoms with van der Waals surface area (Å²) in [4.78, 5) is 39.5. The van der Waals surface area contributed by atoms with Crippen molar-refractivity contribution < 1.29 is 14.3 Å². The van der Waals surface area contributed by atoms with Gasteiger partial charge in [-0.3, -0.25) is 13.9 Å². The van der Waals surface area contributed by atoms with Gasteiger partial charge in [-0.2, -0.15) is 0 Å². The second-order valence-corrected chi connectivity index (χ2v) is 9.22. The first-order chi connectivity index (χ1) is 17.5. The van der Waals surface area contributed by atoms with Gasteiger partial charge < -0.3 is 9.47 Å². The molecule has 0 bridgehead atoms. The number of benzene rings is 3. The second-order valence-electron chi connectivity index (χ2n) is 8.19. The lowest BCUT2D eigenvalue weighted by Crippen LogP contribution is -2.38. The zero-order valence-electron chi connectivity index (χ0n) is 19.4. The van der Waals surface area contributed by atoms with Crippen molar-refractivity contribution in [3.63, 3.8) is 0 Å². The Morgan fingerprint density at radius 2 is 1.50 bits per heavy atom. The quantitative estimate of drug-likeness (QED) is 0.297. The van der Waals surface area contributed by atoms with E-state index in [4.69, 9.17) is 9.47 Å². The standard InChI is InChI=1S/C28H22N2O5S/c1-29-26-23(25(31)30(28(29)33)17-19-9-4-2-5-10-19)16-24(36-26)27(32)34-18-20-11-8-14-22(15-20)35-21-12-6-3-7-13-21/h2-16H,17-18H2,1H3. The van der Waals surface area contributed by atoms with Crippen molar-refractivity contribution in [2.45, 2.75) is 13.2 Å². The number of aromatic nitrogens is 2. The van der Waals surface area contributed by atoms with Crippen molar-refractivity contribution in [2.24, 2.45) is 7.05 Å². The summed E-state index contributed by atoms with van der Waals surface area (Å²) in [5.41, 5.74) is 0.728. The lowest BCUT2D eigenvalue weighted by molar-refractivity contribution is 0.0478. The van der Waals surface area contributed by atoms with Crippen molar-refractivity contribution in [3.8, 4) is 11.5 Å². The van der Waals surface area contributed by atoms with Crippen LogP contribution in [0.15, 0.2) is 101 Å². The number of carbonyl (C=O) groups is 1. The van der Waals surface area contributed by atoms with Crippen molar-refractivity contribution in [1.29, 1.82) is 0 Å². The number of hydrogen-bond acceptors (Lipinski definition) is 6. The van der Waals surface area contributed by atoms with Crippen LogP contribution >= 0.6 is 11.3 Å². The predicted molar refractivity (Wildman–Crippen MR) is 139 cm³/mol. The van der Waals surface area contributed by atoms with Crippen LogP contribution in [0.3, 0.4) is 0 Å². The molecule has 0 saturated heterocycles. The van der Waals surface area contributed by atoms with Crippen molar-refractivity contribution in [1.82, 2.24) is 9.13 Å². The molecule has 8 heteroatoms. The van der Waals surface area contributed by atoms with Gasteiger partial charge in [0.15, 0.2) is 0 Å². The molecular weight excluding hydrogens is 476 g/mol. The zero-order chi connectivity index (χ0) is 25.1. The minimum atomic E-state index is -0.563. The molecule has 7 nitrogen and oxygen atoms in total. The van der Waals surface area contributed by atoms with E-state index in [0.717, 1.165) is 22.5 Å². The highest BCUT2D eigenvalue weighted by atomic mass is 32.1. The van der Waals surface area contributed by atoms with Gasteiger partial charge in [0.05, 0.1) is 11.9 Å². The van der Waals surface area contributed by atoms with Crippen LogP contribution in [0, 0.1) is 0 Å². The molecule has 36 heavy (non-hydrogen) atoms. The molecule has 0 unspecified atom stereocenters. The molecule has 5 aromatic rings. The van der Waals surface area contributed by atoms with Crippen LogP contribution in [-0.2, 0) is 24.9 Å². The fourth-order valence-electron chi connectivity index (χ4n) is 3.83. The molecule has 0 aliphatic rings. The van der Waals surface area contributed by atoms with E-state index in [1.54, 1.807) is 13.1 Å². The molecule has 0 N–H and O–H groups in total. The maximum atomic E-state index is 13.1. The van der Waals surface area contributed by atoms with Crippen LogP contribution in [0.25, 0.3) is 10.2 Å². The van der Waals surface area contributed by atoms with E-state index in [1.165, 1.54) is 15.2 Å². The zero-order valence-corrected chi connectivity index (χ0v) is 20.2. The summed E-state index contributed by atoms with van der Waals surface area (Å²) in [6, 6.07) is 27.5. The monoisotopic (exact) mass is 498 g/mol. The lowest BCUT2D eigenvalue weighted by atomic mass is 10.2. The molecule has 5 rings (SSSR count). The van der Waals surface area contributed by atoms with E-state index >= 15 is 0 Å². The minimum absolute atomic E-state index is 0.0379. The fraction of sp³-hybridized carbons (Fsp3) is 0.107. The van der Waals surface area contributed by atoms with Gasteiger partial charge >= 0.3 is 11.7 Å². The molecule has 0 fully saturated rings. The molecule has 0 atom stereocenters. The summed E-state index contributed by atoms with van der Waals surface area (Å²) in [5, 5.41) is 0.309. The summed E-state index contributed by atoms with van der Waals surface area (Å²) in [6.07, 6.45) is 0. The van der Waals surface area contributed by atoms with Crippen LogP contribution in [0.2, 0.25) is 0 Å². The lowest BCUT2D eigenvalue weighted by Gasteiger charge is -2.08. The first-order valence-corrected chi connectivity index (χ1v) is 12.1. The van der Waals surface area contributed by atoms with Gasteiger partial charge in [-0.15, -0.1) is 11.3 Å². The molecule has 0 amide bonds. The van der Waals surface area contributed by atoms with Gasteiger partial charge in [-0.1, -0.05) is 60.7 Å². The van der Waals surface area contributed by atoms with Crippen LogP contribution in [0.1, 0.15) is 20.8 Å². The Hall–Kier alpha value is -4.43. The average molecular weight is 499 g/mol. The van der Waals surface area contributed by atoms with Gasteiger partial charge in [0.2, 0.25) is 0 Å².